The zero-order valence-corrected chi connectivity index (χ0v) is 13.1. The first kappa shape index (κ1) is 16.1. The molecule has 0 radical (unpaired) electrons. The standard InChI is InChI=1S/C14H16FNO3S2/c1-19-14(12-5-6-20-9-12)8-16-21(17,18)10-11-3-2-4-13(15)7-11/h2-7,9,14,16H,8,10H2,1H3. The summed E-state index contributed by atoms with van der Waals surface area (Å²) in [4.78, 5) is 0. The Morgan fingerprint density at radius 2 is 2.19 bits per heavy atom. The molecule has 114 valence electrons. The number of sulfonamides is 1. The van der Waals surface area contributed by atoms with Crippen molar-refractivity contribution >= 4 is 21.4 Å². The first-order valence-corrected chi connectivity index (χ1v) is 8.86. The first-order valence-electron chi connectivity index (χ1n) is 6.27. The van der Waals surface area contributed by atoms with Crippen molar-refractivity contribution in [3.05, 3.63) is 58.0 Å². The summed E-state index contributed by atoms with van der Waals surface area (Å²) in [7, 11) is -2.01. The van der Waals surface area contributed by atoms with E-state index in [1.807, 2.05) is 16.8 Å². The van der Waals surface area contributed by atoms with Crippen LogP contribution in [-0.2, 0) is 20.5 Å². The van der Waals surface area contributed by atoms with E-state index >= 15 is 0 Å². The van der Waals surface area contributed by atoms with Crippen LogP contribution in [-0.4, -0.2) is 22.1 Å². The van der Waals surface area contributed by atoms with E-state index in [1.54, 1.807) is 6.07 Å². The summed E-state index contributed by atoms with van der Waals surface area (Å²) < 4.78 is 44.9. The van der Waals surface area contributed by atoms with Gasteiger partial charge in [0.25, 0.3) is 0 Å². The summed E-state index contributed by atoms with van der Waals surface area (Å²) in [6, 6.07) is 7.45. The molecule has 1 aromatic heterocycles. The van der Waals surface area contributed by atoms with Gasteiger partial charge < -0.3 is 4.74 Å². The number of hydrogen-bond acceptors (Lipinski definition) is 4. The van der Waals surface area contributed by atoms with Crippen LogP contribution in [0.5, 0.6) is 0 Å². The number of methoxy groups -OCH3 is 1. The van der Waals surface area contributed by atoms with Gasteiger partial charge in [0, 0.05) is 13.7 Å². The van der Waals surface area contributed by atoms with E-state index in [9.17, 15) is 12.8 Å². The first-order chi connectivity index (χ1) is 10.00. The summed E-state index contributed by atoms with van der Waals surface area (Å²) in [5, 5.41) is 3.82. The Morgan fingerprint density at radius 1 is 1.38 bits per heavy atom. The van der Waals surface area contributed by atoms with E-state index in [-0.39, 0.29) is 18.4 Å². The minimum atomic E-state index is -3.54. The molecule has 1 aromatic carbocycles. The van der Waals surface area contributed by atoms with Crippen molar-refractivity contribution in [3.8, 4) is 0 Å². The number of thiophene rings is 1. The van der Waals surface area contributed by atoms with E-state index in [4.69, 9.17) is 4.74 Å². The topological polar surface area (TPSA) is 55.4 Å². The molecule has 0 aliphatic rings. The lowest BCUT2D eigenvalue weighted by atomic mass is 10.2. The predicted octanol–water partition coefficient (Wildman–Crippen LogP) is 2.69. The highest BCUT2D eigenvalue weighted by molar-refractivity contribution is 7.88. The van der Waals surface area contributed by atoms with Crippen LogP contribution in [0.25, 0.3) is 0 Å². The van der Waals surface area contributed by atoms with Gasteiger partial charge in [-0.15, -0.1) is 0 Å². The Bertz CT molecular complexity index is 671. The fourth-order valence-corrected chi connectivity index (χ4v) is 3.72. The van der Waals surface area contributed by atoms with Crippen molar-refractivity contribution < 1.29 is 17.5 Å². The smallest absolute Gasteiger partial charge is 0.215 e. The van der Waals surface area contributed by atoms with Crippen LogP contribution in [0.1, 0.15) is 17.2 Å². The summed E-state index contributed by atoms with van der Waals surface area (Å²) in [6.07, 6.45) is -0.335. The third kappa shape index (κ3) is 4.89. The normalized spacial score (nSPS) is 13.2. The number of benzene rings is 1. The maximum Gasteiger partial charge on any atom is 0.215 e. The quantitative estimate of drug-likeness (QED) is 0.850. The molecule has 1 heterocycles. The predicted molar refractivity (Wildman–Crippen MR) is 81.1 cm³/mol. The molecule has 7 heteroatoms. The lowest BCUT2D eigenvalue weighted by Crippen LogP contribution is -2.30. The summed E-state index contributed by atoms with van der Waals surface area (Å²) in [5.41, 5.74) is 1.34. The van der Waals surface area contributed by atoms with Gasteiger partial charge in [-0.05, 0) is 40.1 Å². The molecular weight excluding hydrogens is 313 g/mol. The molecule has 1 atom stereocenters. The van der Waals surface area contributed by atoms with Crippen LogP contribution < -0.4 is 4.72 Å². The molecule has 2 aromatic rings. The zero-order valence-electron chi connectivity index (χ0n) is 11.5. The molecule has 21 heavy (non-hydrogen) atoms. The highest BCUT2D eigenvalue weighted by atomic mass is 32.2. The van der Waals surface area contributed by atoms with E-state index in [0.29, 0.717) is 5.56 Å². The maximum absolute atomic E-state index is 13.1. The minimum Gasteiger partial charge on any atom is -0.375 e. The molecule has 2 rings (SSSR count). The molecule has 0 aliphatic heterocycles. The lowest BCUT2D eigenvalue weighted by molar-refractivity contribution is 0.107. The molecule has 0 fully saturated rings. The van der Waals surface area contributed by atoms with Gasteiger partial charge in [-0.1, -0.05) is 12.1 Å². The SMILES string of the molecule is COC(CNS(=O)(=O)Cc1cccc(F)c1)c1ccsc1. The Balaban J connectivity index is 1.98. The molecule has 1 N–H and O–H groups in total. The largest absolute Gasteiger partial charge is 0.375 e. The summed E-state index contributed by atoms with van der Waals surface area (Å²) in [5.74, 6) is -0.707. The van der Waals surface area contributed by atoms with Gasteiger partial charge in [0.1, 0.15) is 5.82 Å². The van der Waals surface area contributed by atoms with Gasteiger partial charge in [-0.2, -0.15) is 11.3 Å². The van der Waals surface area contributed by atoms with E-state index in [0.717, 1.165) is 5.56 Å². The van der Waals surface area contributed by atoms with Gasteiger partial charge in [-0.3, -0.25) is 0 Å². The van der Waals surface area contributed by atoms with Crippen LogP contribution in [0.2, 0.25) is 0 Å². The Morgan fingerprint density at radius 3 is 2.81 bits per heavy atom. The molecule has 4 nitrogen and oxygen atoms in total. The fraction of sp³-hybridized carbons (Fsp3) is 0.286. The van der Waals surface area contributed by atoms with Crippen molar-refractivity contribution in [2.24, 2.45) is 0 Å². The molecule has 0 spiro atoms. The average Bonchev–Trinajstić information content (AvgIpc) is 2.93. The number of nitrogens with one attached hydrogen (secondary N) is 1. The second-order valence-electron chi connectivity index (χ2n) is 4.52. The molecule has 0 saturated carbocycles. The summed E-state index contributed by atoms with van der Waals surface area (Å²) >= 11 is 1.52. The number of ether oxygens (including phenoxy) is 1. The maximum atomic E-state index is 13.1. The Hall–Kier alpha value is -1.28. The van der Waals surface area contributed by atoms with Gasteiger partial charge >= 0.3 is 0 Å². The van der Waals surface area contributed by atoms with Crippen molar-refractivity contribution in [2.45, 2.75) is 11.9 Å². The highest BCUT2D eigenvalue weighted by Gasteiger charge is 2.17. The van der Waals surface area contributed by atoms with Crippen molar-refractivity contribution in [2.75, 3.05) is 13.7 Å². The molecular formula is C14H16FNO3S2. The third-order valence-corrected chi connectivity index (χ3v) is 4.96. The minimum absolute atomic E-state index is 0.144. The van der Waals surface area contributed by atoms with Gasteiger partial charge in [0.15, 0.2) is 0 Å². The van der Waals surface area contributed by atoms with Gasteiger partial charge in [0.05, 0.1) is 11.9 Å². The molecule has 0 bridgehead atoms. The highest BCUT2D eigenvalue weighted by Crippen LogP contribution is 2.19. The van der Waals surface area contributed by atoms with Crippen LogP contribution in [0, 0.1) is 5.82 Å². The van der Waals surface area contributed by atoms with E-state index < -0.39 is 15.8 Å². The third-order valence-electron chi connectivity index (χ3n) is 2.93. The Kier molecular flexibility index (Phi) is 5.46. The average molecular weight is 329 g/mol. The molecule has 0 amide bonds. The van der Waals surface area contributed by atoms with E-state index in [2.05, 4.69) is 4.72 Å². The van der Waals surface area contributed by atoms with Crippen LogP contribution >= 0.6 is 11.3 Å². The lowest BCUT2D eigenvalue weighted by Gasteiger charge is -2.15. The molecule has 0 aliphatic carbocycles. The van der Waals surface area contributed by atoms with Crippen LogP contribution in [0.15, 0.2) is 41.1 Å². The monoisotopic (exact) mass is 329 g/mol. The van der Waals surface area contributed by atoms with Gasteiger partial charge in [0.2, 0.25) is 10.0 Å². The van der Waals surface area contributed by atoms with Crippen molar-refractivity contribution in [1.29, 1.82) is 0 Å². The summed E-state index contributed by atoms with van der Waals surface area (Å²) in [6.45, 7) is 0.144. The zero-order chi connectivity index (χ0) is 15.3. The fourth-order valence-electron chi connectivity index (χ4n) is 1.90. The second-order valence-corrected chi connectivity index (χ2v) is 7.11. The molecule has 0 saturated heterocycles. The number of rotatable bonds is 7. The van der Waals surface area contributed by atoms with Crippen LogP contribution in [0.3, 0.4) is 0 Å². The van der Waals surface area contributed by atoms with Crippen molar-refractivity contribution in [1.82, 2.24) is 4.72 Å². The van der Waals surface area contributed by atoms with E-state index in [1.165, 1.54) is 36.6 Å². The van der Waals surface area contributed by atoms with Crippen LogP contribution in [0.4, 0.5) is 4.39 Å². The van der Waals surface area contributed by atoms with Crippen molar-refractivity contribution in [3.63, 3.8) is 0 Å². The second kappa shape index (κ2) is 7.13. The molecule has 1 unspecified atom stereocenters. The van der Waals surface area contributed by atoms with Gasteiger partial charge in [-0.25, -0.2) is 17.5 Å². The Labute approximate surface area is 127 Å². The number of halogens is 1. The number of hydrogen-bond donors (Lipinski definition) is 1.